The highest BCUT2D eigenvalue weighted by atomic mass is 28.4. The van der Waals surface area contributed by atoms with Crippen LogP contribution in [0, 0.1) is 0 Å². The van der Waals surface area contributed by atoms with Gasteiger partial charge in [-0.25, -0.2) is 0 Å². The van der Waals surface area contributed by atoms with Gasteiger partial charge in [-0.2, -0.15) is 0 Å². The number of hydrogen-bond acceptors (Lipinski definition) is 3. The van der Waals surface area contributed by atoms with E-state index in [-0.39, 0.29) is 6.10 Å². The summed E-state index contributed by atoms with van der Waals surface area (Å²) >= 11 is 0. The average molecular weight is 284 g/mol. The molecule has 0 amide bonds. The Labute approximate surface area is 119 Å². The van der Waals surface area contributed by atoms with Gasteiger partial charge in [0.05, 0.1) is 12.7 Å². The second-order valence-corrected chi connectivity index (χ2v) is 11.9. The predicted octanol–water partition coefficient (Wildman–Crippen LogP) is 3.61. The van der Waals surface area contributed by atoms with Crippen LogP contribution in [0.25, 0.3) is 0 Å². The van der Waals surface area contributed by atoms with Gasteiger partial charge in [0.25, 0.3) is 0 Å². The maximum Gasteiger partial charge on any atom is 0.458 e. The Morgan fingerprint density at radius 1 is 1.21 bits per heavy atom. The molecule has 0 spiro atoms. The molecule has 1 atom stereocenters. The third kappa shape index (κ3) is 3.94. The van der Waals surface area contributed by atoms with Crippen molar-refractivity contribution in [2.45, 2.75) is 70.6 Å². The van der Waals surface area contributed by atoms with Gasteiger partial charge in [-0.1, -0.05) is 53.7 Å². The largest absolute Gasteiger partial charge is 0.458 e. The lowest BCUT2D eigenvalue weighted by Gasteiger charge is -2.43. The Kier molecular flexibility index (Phi) is 6.31. The Balaban J connectivity index is 2.73. The molecule has 1 aliphatic heterocycles. The molecule has 0 saturated carbocycles. The van der Waals surface area contributed by atoms with Crippen LogP contribution in [0.15, 0.2) is 12.2 Å². The van der Waals surface area contributed by atoms with Crippen molar-refractivity contribution < 1.29 is 14.1 Å². The van der Waals surface area contributed by atoms with Crippen molar-refractivity contribution in [3.8, 4) is 0 Å². The predicted molar refractivity (Wildman–Crippen MR) is 83.8 cm³/mol. The second kappa shape index (κ2) is 7.07. The van der Waals surface area contributed by atoms with E-state index in [0.717, 1.165) is 0 Å². The minimum Gasteiger partial charge on any atom is -0.427 e. The van der Waals surface area contributed by atoms with Crippen LogP contribution in [0.5, 0.6) is 0 Å². The average Bonchev–Trinajstić information content (AvgIpc) is 2.28. The highest BCUT2D eigenvalue weighted by Crippen LogP contribution is 2.42. The zero-order valence-electron chi connectivity index (χ0n) is 13.2. The Bertz CT molecular complexity index is 283. The molecule has 0 radical (unpaired) electrons. The van der Waals surface area contributed by atoms with Gasteiger partial charge in [0.15, 0.2) is 8.32 Å². The maximum atomic E-state index is 9.52. The van der Waals surface area contributed by atoms with Crippen LogP contribution in [0.4, 0.5) is 0 Å². The summed E-state index contributed by atoms with van der Waals surface area (Å²) in [6.07, 6.45) is 4.46. The molecule has 1 aliphatic rings. The minimum absolute atomic E-state index is 0.105. The van der Waals surface area contributed by atoms with Crippen LogP contribution >= 0.6 is 0 Å². The van der Waals surface area contributed by atoms with E-state index in [0.29, 0.717) is 29.6 Å². The fourth-order valence-corrected chi connectivity index (χ4v) is 8.92. The molecule has 0 aliphatic carbocycles. The van der Waals surface area contributed by atoms with Crippen molar-refractivity contribution >= 4 is 15.4 Å². The van der Waals surface area contributed by atoms with E-state index >= 15 is 0 Å². The minimum atomic E-state index is -1.83. The van der Waals surface area contributed by atoms with Crippen molar-refractivity contribution in [1.82, 2.24) is 0 Å². The third-order valence-electron chi connectivity index (χ3n) is 4.23. The first-order valence-corrected chi connectivity index (χ1v) is 9.58. The van der Waals surface area contributed by atoms with Crippen molar-refractivity contribution in [2.75, 3.05) is 6.61 Å². The molecule has 0 saturated heterocycles. The van der Waals surface area contributed by atoms with E-state index < -0.39 is 15.4 Å². The molecule has 5 heteroatoms. The number of rotatable bonds is 6. The first-order chi connectivity index (χ1) is 8.80. The highest BCUT2D eigenvalue weighted by molar-refractivity contribution is 6.77. The summed E-state index contributed by atoms with van der Waals surface area (Å²) in [5, 5.41) is 9.52. The summed E-state index contributed by atoms with van der Waals surface area (Å²) in [4.78, 5) is 0. The zero-order valence-corrected chi connectivity index (χ0v) is 14.2. The summed E-state index contributed by atoms with van der Waals surface area (Å²) in [6, 6.07) is 0. The summed E-state index contributed by atoms with van der Waals surface area (Å²) in [6.45, 7) is 14.2. The standard InChI is InChI=1S/C14H29BO3Si/c1-11(2)19(12(3)4,13(5)6)17-10-14-8-7-9-15(16)18-14/h7-8,11-14,16H,9-10H2,1-6H3/t14-/m0/s1. The van der Waals surface area contributed by atoms with E-state index in [4.69, 9.17) is 9.08 Å². The van der Waals surface area contributed by atoms with Crippen LogP contribution in [0.3, 0.4) is 0 Å². The van der Waals surface area contributed by atoms with Crippen molar-refractivity contribution in [3.63, 3.8) is 0 Å². The lowest BCUT2D eigenvalue weighted by molar-refractivity contribution is 0.126. The molecule has 1 heterocycles. The van der Waals surface area contributed by atoms with E-state index in [1.807, 2.05) is 12.2 Å². The molecule has 110 valence electrons. The van der Waals surface area contributed by atoms with Gasteiger partial charge in [-0.3, -0.25) is 0 Å². The van der Waals surface area contributed by atoms with Gasteiger partial charge in [-0.15, -0.1) is 0 Å². The summed E-state index contributed by atoms with van der Waals surface area (Å²) < 4.78 is 11.9. The quantitative estimate of drug-likeness (QED) is 0.598. The van der Waals surface area contributed by atoms with E-state index in [2.05, 4.69) is 41.5 Å². The monoisotopic (exact) mass is 284 g/mol. The molecule has 1 N–H and O–H groups in total. The Morgan fingerprint density at radius 3 is 2.16 bits per heavy atom. The molecule has 0 fully saturated rings. The lowest BCUT2D eigenvalue weighted by Crippen LogP contribution is -2.49. The molecule has 0 bridgehead atoms. The van der Waals surface area contributed by atoms with Crippen molar-refractivity contribution in [1.29, 1.82) is 0 Å². The van der Waals surface area contributed by atoms with Crippen LogP contribution in [0.2, 0.25) is 22.9 Å². The topological polar surface area (TPSA) is 38.7 Å². The molecule has 0 aromatic heterocycles. The van der Waals surface area contributed by atoms with Gasteiger partial charge >= 0.3 is 7.12 Å². The molecule has 0 unspecified atom stereocenters. The second-order valence-electron chi connectivity index (χ2n) is 6.42. The molecule has 3 nitrogen and oxygen atoms in total. The van der Waals surface area contributed by atoms with E-state index in [1.54, 1.807) is 0 Å². The first kappa shape index (κ1) is 17.0. The van der Waals surface area contributed by atoms with Crippen molar-refractivity contribution in [3.05, 3.63) is 12.2 Å². The van der Waals surface area contributed by atoms with E-state index in [9.17, 15) is 5.02 Å². The third-order valence-corrected chi connectivity index (χ3v) is 10.3. The fourth-order valence-electron chi connectivity index (χ4n) is 3.47. The highest BCUT2D eigenvalue weighted by Gasteiger charge is 2.45. The van der Waals surface area contributed by atoms with Gasteiger partial charge in [-0.05, 0) is 16.6 Å². The van der Waals surface area contributed by atoms with Crippen molar-refractivity contribution in [2.24, 2.45) is 0 Å². The molecular formula is C14H29BO3Si. The molecule has 0 aromatic carbocycles. The SMILES string of the molecule is CC(C)[Si](OC[C@@H]1C=CCB(O)O1)(C(C)C)C(C)C. The molecule has 19 heavy (non-hydrogen) atoms. The molecular weight excluding hydrogens is 255 g/mol. The summed E-state index contributed by atoms with van der Waals surface area (Å²) in [5.74, 6) is 0. The van der Waals surface area contributed by atoms with E-state index in [1.165, 1.54) is 0 Å². The Hall–Kier alpha value is -0.0982. The number of hydrogen-bond donors (Lipinski definition) is 1. The number of allylic oxidation sites excluding steroid dienone is 1. The fraction of sp³-hybridized carbons (Fsp3) is 0.857. The Morgan fingerprint density at radius 2 is 1.74 bits per heavy atom. The summed E-state index contributed by atoms with van der Waals surface area (Å²) in [7, 11) is -2.50. The van der Waals surface area contributed by atoms with Gasteiger partial charge < -0.3 is 14.1 Å². The zero-order chi connectivity index (χ0) is 14.6. The van der Waals surface area contributed by atoms with Crippen LogP contribution < -0.4 is 0 Å². The molecule has 1 rings (SSSR count). The van der Waals surface area contributed by atoms with Gasteiger partial charge in [0.1, 0.15) is 0 Å². The first-order valence-electron chi connectivity index (χ1n) is 7.44. The van der Waals surface area contributed by atoms with Gasteiger partial charge in [0.2, 0.25) is 0 Å². The normalized spacial score (nSPS) is 20.9. The van der Waals surface area contributed by atoms with Crippen LogP contribution in [-0.4, -0.2) is 33.2 Å². The van der Waals surface area contributed by atoms with Crippen LogP contribution in [-0.2, 0) is 9.08 Å². The lowest BCUT2D eigenvalue weighted by atomic mass is 9.82. The van der Waals surface area contributed by atoms with Crippen LogP contribution in [0.1, 0.15) is 41.5 Å². The molecule has 0 aromatic rings. The smallest absolute Gasteiger partial charge is 0.427 e. The van der Waals surface area contributed by atoms with Gasteiger partial charge in [0, 0.05) is 6.32 Å². The maximum absolute atomic E-state index is 9.52. The summed E-state index contributed by atoms with van der Waals surface area (Å²) in [5.41, 5.74) is 1.72.